The molecule has 0 aliphatic heterocycles. The second-order valence-corrected chi connectivity index (χ2v) is 4.95. The van der Waals surface area contributed by atoms with E-state index >= 15 is 0 Å². The third-order valence-electron chi connectivity index (χ3n) is 3.19. The summed E-state index contributed by atoms with van der Waals surface area (Å²) < 4.78 is 5.19. The Balaban J connectivity index is 2.72. The minimum Gasteiger partial charge on any atom is -0.380 e. The molecule has 1 aromatic carbocycles. The first-order chi connectivity index (χ1) is 9.12. The van der Waals surface area contributed by atoms with Crippen LogP contribution in [0, 0.1) is 0 Å². The number of hydrogen-bond donors (Lipinski definition) is 2. The van der Waals surface area contributed by atoms with Crippen LogP contribution in [0.4, 0.5) is 5.69 Å². The zero-order valence-electron chi connectivity index (χ0n) is 12.2. The van der Waals surface area contributed by atoms with E-state index < -0.39 is 0 Å². The molecule has 0 amide bonds. The molecule has 0 aromatic heterocycles. The van der Waals surface area contributed by atoms with Gasteiger partial charge < -0.3 is 15.4 Å². The number of para-hydroxylation sites is 1. The van der Waals surface area contributed by atoms with Gasteiger partial charge in [-0.3, -0.25) is 0 Å². The maximum atomic E-state index is 5.34. The molecule has 0 bridgehead atoms. The minimum absolute atomic E-state index is 0.145. The van der Waals surface area contributed by atoms with Gasteiger partial charge in [0.25, 0.3) is 0 Å². The molecule has 0 spiro atoms. The van der Waals surface area contributed by atoms with Gasteiger partial charge in [-0.2, -0.15) is 0 Å². The van der Waals surface area contributed by atoms with Crippen LogP contribution in [-0.2, 0) is 17.6 Å². The van der Waals surface area contributed by atoms with Crippen molar-refractivity contribution in [2.45, 2.75) is 39.7 Å². The van der Waals surface area contributed by atoms with Gasteiger partial charge >= 0.3 is 0 Å². The number of hydrogen-bond acceptors (Lipinski definition) is 2. The van der Waals surface area contributed by atoms with E-state index in [0.717, 1.165) is 18.5 Å². The maximum absolute atomic E-state index is 5.34. The summed E-state index contributed by atoms with van der Waals surface area (Å²) >= 11 is 5.34. The average molecular weight is 280 g/mol. The number of benzene rings is 1. The van der Waals surface area contributed by atoms with Gasteiger partial charge in [-0.1, -0.05) is 32.0 Å². The fourth-order valence-electron chi connectivity index (χ4n) is 1.88. The van der Waals surface area contributed by atoms with Crippen LogP contribution in [0.25, 0.3) is 0 Å². The molecular formula is C15H24N2OS. The minimum atomic E-state index is 0.145. The molecule has 0 heterocycles. The number of methoxy groups -OCH3 is 1. The van der Waals surface area contributed by atoms with E-state index in [2.05, 4.69) is 42.7 Å². The highest BCUT2D eigenvalue weighted by molar-refractivity contribution is 7.80. The molecule has 0 saturated carbocycles. The largest absolute Gasteiger partial charge is 0.380 e. The van der Waals surface area contributed by atoms with Crippen LogP contribution in [0.5, 0.6) is 0 Å². The van der Waals surface area contributed by atoms with Gasteiger partial charge in [-0.05, 0) is 43.1 Å². The monoisotopic (exact) mass is 280 g/mol. The molecule has 3 nitrogen and oxygen atoms in total. The fraction of sp³-hybridized carbons (Fsp3) is 0.533. The molecule has 2 N–H and O–H groups in total. The van der Waals surface area contributed by atoms with E-state index in [9.17, 15) is 0 Å². The van der Waals surface area contributed by atoms with E-state index in [1.54, 1.807) is 7.11 Å². The van der Waals surface area contributed by atoms with Gasteiger partial charge in [-0.25, -0.2) is 0 Å². The highest BCUT2D eigenvalue weighted by Gasteiger charge is 2.08. The molecule has 0 radical (unpaired) electrons. The summed E-state index contributed by atoms with van der Waals surface area (Å²) in [6, 6.07) is 6.39. The Morgan fingerprint density at radius 3 is 2.32 bits per heavy atom. The maximum Gasteiger partial charge on any atom is 0.170 e. The lowest BCUT2D eigenvalue weighted by Gasteiger charge is -2.18. The zero-order chi connectivity index (χ0) is 14.3. The van der Waals surface area contributed by atoms with E-state index in [-0.39, 0.29) is 6.10 Å². The van der Waals surface area contributed by atoms with Crippen molar-refractivity contribution in [1.82, 2.24) is 5.32 Å². The number of thiocarbonyl (C=S) groups is 1. The van der Waals surface area contributed by atoms with Crippen molar-refractivity contribution in [3.05, 3.63) is 29.3 Å². The lowest BCUT2D eigenvalue weighted by atomic mass is 10.0. The van der Waals surface area contributed by atoms with E-state index in [1.165, 1.54) is 11.1 Å². The SMILES string of the molecule is CCc1cccc(CC)c1NC(=S)NCC(C)OC. The van der Waals surface area contributed by atoms with Crippen LogP contribution >= 0.6 is 12.2 Å². The number of anilines is 1. The molecule has 4 heteroatoms. The first-order valence-corrected chi connectivity index (χ1v) is 7.21. The number of aryl methyl sites for hydroxylation is 2. The Kier molecular flexibility index (Phi) is 6.81. The summed E-state index contributed by atoms with van der Waals surface area (Å²) in [6.07, 6.45) is 2.13. The van der Waals surface area contributed by atoms with Crippen molar-refractivity contribution in [2.75, 3.05) is 19.0 Å². The van der Waals surface area contributed by atoms with Crippen LogP contribution in [-0.4, -0.2) is 24.9 Å². The Morgan fingerprint density at radius 2 is 1.84 bits per heavy atom. The fourth-order valence-corrected chi connectivity index (χ4v) is 2.07. The second-order valence-electron chi connectivity index (χ2n) is 4.54. The molecule has 1 atom stereocenters. The molecule has 0 aliphatic rings. The topological polar surface area (TPSA) is 33.3 Å². The van der Waals surface area contributed by atoms with Crippen LogP contribution in [0.15, 0.2) is 18.2 Å². The third-order valence-corrected chi connectivity index (χ3v) is 3.44. The molecule has 1 rings (SSSR count). The summed E-state index contributed by atoms with van der Waals surface area (Å²) in [6.45, 7) is 7.03. The number of nitrogens with one attached hydrogen (secondary N) is 2. The Bertz CT molecular complexity index is 398. The van der Waals surface area contributed by atoms with E-state index in [0.29, 0.717) is 11.7 Å². The molecule has 1 aromatic rings. The molecule has 1 unspecified atom stereocenters. The average Bonchev–Trinajstić information content (AvgIpc) is 2.44. The van der Waals surface area contributed by atoms with Crippen LogP contribution < -0.4 is 10.6 Å². The van der Waals surface area contributed by atoms with Crippen molar-refractivity contribution in [2.24, 2.45) is 0 Å². The first kappa shape index (κ1) is 15.9. The Morgan fingerprint density at radius 1 is 1.26 bits per heavy atom. The Hall–Kier alpha value is -1.13. The molecule has 106 valence electrons. The molecule has 19 heavy (non-hydrogen) atoms. The molecular weight excluding hydrogens is 256 g/mol. The van der Waals surface area contributed by atoms with Gasteiger partial charge in [0.1, 0.15) is 0 Å². The number of rotatable bonds is 6. The normalized spacial score (nSPS) is 12.0. The van der Waals surface area contributed by atoms with Crippen molar-refractivity contribution in [1.29, 1.82) is 0 Å². The summed E-state index contributed by atoms with van der Waals surface area (Å²) in [4.78, 5) is 0. The summed E-state index contributed by atoms with van der Waals surface area (Å²) in [5.74, 6) is 0. The van der Waals surface area contributed by atoms with Gasteiger partial charge in [-0.15, -0.1) is 0 Å². The lowest BCUT2D eigenvalue weighted by Crippen LogP contribution is -2.35. The van der Waals surface area contributed by atoms with Crippen molar-refractivity contribution in [3.8, 4) is 0 Å². The van der Waals surface area contributed by atoms with Crippen molar-refractivity contribution >= 4 is 23.0 Å². The molecule has 0 fully saturated rings. The third kappa shape index (κ3) is 4.80. The van der Waals surface area contributed by atoms with Gasteiger partial charge in [0.05, 0.1) is 6.10 Å². The van der Waals surface area contributed by atoms with Crippen molar-refractivity contribution in [3.63, 3.8) is 0 Å². The van der Waals surface area contributed by atoms with Crippen LogP contribution in [0.1, 0.15) is 31.9 Å². The smallest absolute Gasteiger partial charge is 0.170 e. The van der Waals surface area contributed by atoms with E-state index in [1.807, 2.05) is 6.92 Å². The first-order valence-electron chi connectivity index (χ1n) is 6.80. The van der Waals surface area contributed by atoms with Gasteiger partial charge in [0.2, 0.25) is 0 Å². The van der Waals surface area contributed by atoms with Gasteiger partial charge in [0, 0.05) is 19.3 Å². The predicted octanol–water partition coefficient (Wildman–Crippen LogP) is 3.13. The highest BCUT2D eigenvalue weighted by atomic mass is 32.1. The van der Waals surface area contributed by atoms with Crippen LogP contribution in [0.2, 0.25) is 0 Å². The van der Waals surface area contributed by atoms with Gasteiger partial charge in [0.15, 0.2) is 5.11 Å². The molecule has 0 saturated heterocycles. The number of ether oxygens (including phenoxy) is 1. The highest BCUT2D eigenvalue weighted by Crippen LogP contribution is 2.22. The summed E-state index contributed by atoms with van der Waals surface area (Å²) in [5.41, 5.74) is 3.74. The second kappa shape index (κ2) is 8.12. The zero-order valence-corrected chi connectivity index (χ0v) is 13.1. The standard InChI is InChI=1S/C15H24N2OS/c1-5-12-8-7-9-13(6-2)14(12)17-15(19)16-10-11(3)18-4/h7-9,11H,5-6,10H2,1-4H3,(H2,16,17,19). The quantitative estimate of drug-likeness (QED) is 0.784. The summed E-state index contributed by atoms with van der Waals surface area (Å²) in [5, 5.41) is 7.16. The van der Waals surface area contributed by atoms with Crippen molar-refractivity contribution < 1.29 is 4.74 Å². The lowest BCUT2D eigenvalue weighted by molar-refractivity contribution is 0.121. The predicted molar refractivity (Wildman–Crippen MR) is 85.9 cm³/mol. The van der Waals surface area contributed by atoms with E-state index in [4.69, 9.17) is 17.0 Å². The summed E-state index contributed by atoms with van der Waals surface area (Å²) in [7, 11) is 1.70. The van der Waals surface area contributed by atoms with Crippen LogP contribution in [0.3, 0.4) is 0 Å². The Labute approximate surface area is 121 Å². The molecule has 0 aliphatic carbocycles.